The van der Waals surface area contributed by atoms with Crippen LogP contribution in [0.3, 0.4) is 0 Å². The lowest BCUT2D eigenvalue weighted by atomic mass is 9.83. The molecule has 7 amide bonds. The number of hydrogen-bond donors (Lipinski definition) is 13. The van der Waals surface area contributed by atoms with Crippen molar-refractivity contribution in [3.8, 4) is 0 Å². The van der Waals surface area contributed by atoms with Crippen LogP contribution in [-0.2, 0) is 75.1 Å². The number of aliphatic imine (C=N–C) groups is 1. The zero-order chi connectivity index (χ0) is 90.5. The molecule has 17 N–H and O–H groups in total. The molecule has 32 heteroatoms. The van der Waals surface area contributed by atoms with E-state index in [0.717, 1.165) is 35.7 Å². The van der Waals surface area contributed by atoms with Gasteiger partial charge in [-0.1, -0.05) is 204 Å². The van der Waals surface area contributed by atoms with Gasteiger partial charge in [-0.25, -0.2) is 4.98 Å². The fourth-order valence-corrected chi connectivity index (χ4v) is 17.6. The standard InChI is InChI=1S/C93H142N16O14S2/c1-5-7-8-9-10-11-12-13-14-15-16-17-20-31-48-99-83(117)61-108(6-2)84(118)47-28-19-18-27-45-79(113)77(55-71-59-102-76-44-30-29-43-75(71)76)104-89(120)69(41-33-50-101-93(96)97)56-80(114)78(62-125-124-4)105-88(119)68(40-32-49-100-92(94)95)54-74(112)58-73-42-34-51-109(73)91(122)87(85(66-36-23-21-24-37-66)67-38-25-22-26-39-67)107-90(121)70(53-72-60-98-63-103-72)57-81(115)86(65(3)111)106-82(116)46-35-52-123-64-110/h21-26,29-30,36-39,43-44,59-60,63-65,68-70,73,77-78,85-87,93,101-102,111H,5-20,27-28,31-35,40-42,45-58,61-62,96-97H2,1-4H3,(H,98,103)(H,99,117)(H,104,120)(H,105,119)(H,106,116)(H,107,121)(H4,94,95,100). The summed E-state index contributed by atoms with van der Waals surface area (Å²) in [5.74, 6) is -9.18. The predicted molar refractivity (Wildman–Crippen MR) is 492 cm³/mol. The van der Waals surface area contributed by atoms with Gasteiger partial charge in [0.1, 0.15) is 24.2 Å². The third-order valence-electron chi connectivity index (χ3n) is 23.2. The van der Waals surface area contributed by atoms with Gasteiger partial charge in [0, 0.05) is 143 Å². The summed E-state index contributed by atoms with van der Waals surface area (Å²) in [7, 11) is 2.68. The molecule has 0 radical (unpaired) electrons. The number of fused-ring (bicyclic) bond motifs is 1. The number of aromatic amines is 2. The van der Waals surface area contributed by atoms with Gasteiger partial charge in [-0.15, -0.1) is 0 Å². The molecule has 1 saturated heterocycles. The first-order valence-corrected chi connectivity index (χ1v) is 48.1. The van der Waals surface area contributed by atoms with Crippen molar-refractivity contribution < 1.29 is 67.4 Å². The number of aliphatic hydroxyl groups excluding tert-OH is 1. The summed E-state index contributed by atoms with van der Waals surface area (Å²) in [5, 5.41) is 29.4. The van der Waals surface area contributed by atoms with E-state index in [4.69, 9.17) is 27.7 Å². The third-order valence-corrected chi connectivity index (χ3v) is 25.0. The van der Waals surface area contributed by atoms with Crippen LogP contribution in [0.15, 0.2) is 109 Å². The number of imidazole rings is 1. The van der Waals surface area contributed by atoms with Crippen LogP contribution in [0.2, 0.25) is 0 Å². The van der Waals surface area contributed by atoms with Gasteiger partial charge >= 0.3 is 0 Å². The predicted octanol–water partition coefficient (Wildman–Crippen LogP) is 9.88. The zero-order valence-electron chi connectivity index (χ0n) is 74.1. The van der Waals surface area contributed by atoms with E-state index in [-0.39, 0.29) is 151 Å². The summed E-state index contributed by atoms with van der Waals surface area (Å²) < 4.78 is 4.71. The maximum absolute atomic E-state index is 15.9. The van der Waals surface area contributed by atoms with E-state index in [0.29, 0.717) is 74.9 Å². The molecule has 3 aromatic carbocycles. The number of nitrogens with one attached hydrogen (secondary N) is 8. The molecule has 125 heavy (non-hydrogen) atoms. The van der Waals surface area contributed by atoms with Gasteiger partial charge in [0.05, 0.1) is 43.6 Å². The Balaban J connectivity index is 1.15. The number of para-hydroxylation sites is 1. The van der Waals surface area contributed by atoms with Gasteiger partial charge in [-0.05, 0) is 114 Å². The number of likely N-dealkylation sites (tertiary alicyclic amines) is 1. The molecule has 6 rings (SSSR count). The Hall–Kier alpha value is -9.34. The highest BCUT2D eigenvalue weighted by molar-refractivity contribution is 8.76. The number of rotatable bonds is 69. The summed E-state index contributed by atoms with van der Waals surface area (Å²) in [5.41, 5.74) is 26.7. The number of aliphatic hydroxyl groups is 1. The van der Waals surface area contributed by atoms with Crippen molar-refractivity contribution in [3.63, 3.8) is 0 Å². The molecule has 9 atom stereocenters. The van der Waals surface area contributed by atoms with Gasteiger partial charge in [-0.3, -0.25) is 67.8 Å². The second kappa shape index (κ2) is 60.4. The van der Waals surface area contributed by atoms with E-state index in [1.165, 1.54) is 112 Å². The third kappa shape index (κ3) is 39.6. The molecule has 30 nitrogen and oxygen atoms in total. The molecular formula is C93H142N16O14S2. The van der Waals surface area contributed by atoms with E-state index >= 15 is 24.0 Å². The average Bonchev–Trinajstić information content (AvgIpc) is 1.72. The van der Waals surface area contributed by atoms with Gasteiger partial charge in [0.25, 0.3) is 6.47 Å². The van der Waals surface area contributed by atoms with Gasteiger partial charge < -0.3 is 79.1 Å². The highest BCUT2D eigenvalue weighted by Gasteiger charge is 2.43. The van der Waals surface area contributed by atoms with E-state index in [1.807, 2.05) is 104 Å². The number of ether oxygens (including phenoxy) is 1. The molecule has 0 saturated carbocycles. The van der Waals surface area contributed by atoms with E-state index in [1.54, 1.807) is 9.80 Å². The fraction of sp³-hybridized carbons (Fsp3) is 0.613. The van der Waals surface area contributed by atoms with Crippen molar-refractivity contribution in [2.45, 2.75) is 288 Å². The van der Waals surface area contributed by atoms with Crippen LogP contribution in [0.25, 0.3) is 10.9 Å². The lowest BCUT2D eigenvalue weighted by molar-refractivity contribution is -0.140. The first-order valence-electron chi connectivity index (χ1n) is 45.4. The number of Topliss-reactive ketones (excluding diaryl/α,β-unsaturated/α-hetero) is 4. The van der Waals surface area contributed by atoms with E-state index in [9.17, 15) is 38.7 Å². The maximum atomic E-state index is 15.9. The van der Waals surface area contributed by atoms with Crippen LogP contribution in [-0.4, -0.2) is 207 Å². The molecule has 9 unspecified atom stereocenters. The smallest absolute Gasteiger partial charge is 0.293 e. The molecule has 1 aliphatic heterocycles. The molecule has 0 bridgehead atoms. The fourth-order valence-electron chi connectivity index (χ4n) is 16.3. The Kier molecular flexibility index (Phi) is 50.4. The van der Waals surface area contributed by atoms with E-state index in [2.05, 4.69) is 58.8 Å². The quantitative estimate of drug-likeness (QED) is 0.00430. The first-order chi connectivity index (χ1) is 60.4. The summed E-state index contributed by atoms with van der Waals surface area (Å²) in [6, 6.07) is 20.2. The molecule has 3 heterocycles. The summed E-state index contributed by atoms with van der Waals surface area (Å²) in [4.78, 5) is 188. The lowest BCUT2D eigenvalue weighted by Gasteiger charge is -2.35. The van der Waals surface area contributed by atoms with Gasteiger partial charge in [0.15, 0.2) is 23.3 Å². The average molecular weight is 1770 g/mol. The topological polar surface area (TPSA) is 474 Å². The molecule has 2 aromatic heterocycles. The highest BCUT2D eigenvalue weighted by atomic mass is 33.1. The Morgan fingerprint density at radius 3 is 1.86 bits per heavy atom. The Morgan fingerprint density at radius 1 is 0.640 bits per heavy atom. The Morgan fingerprint density at radius 2 is 1.24 bits per heavy atom. The number of benzene rings is 3. The number of carbonyl (C=O) groups excluding carboxylic acids is 12. The van der Waals surface area contributed by atoms with Crippen LogP contribution in [0.4, 0.5) is 0 Å². The minimum absolute atomic E-state index is 0.000468. The number of ketones is 4. The van der Waals surface area contributed by atoms with Crippen molar-refractivity contribution in [2.75, 3.05) is 57.9 Å². The number of nitrogens with two attached hydrogens (primary N) is 4. The van der Waals surface area contributed by atoms with Gasteiger partial charge in [-0.2, -0.15) is 0 Å². The number of H-pyrrole nitrogens is 2. The molecule has 0 spiro atoms. The van der Waals surface area contributed by atoms with Crippen molar-refractivity contribution in [1.82, 2.24) is 56.7 Å². The van der Waals surface area contributed by atoms with Crippen molar-refractivity contribution in [2.24, 2.45) is 45.7 Å². The van der Waals surface area contributed by atoms with Crippen molar-refractivity contribution >= 4 is 109 Å². The first kappa shape index (κ1) is 104. The lowest BCUT2D eigenvalue weighted by Crippen LogP contribution is -2.55. The minimum atomic E-state index is -1.44. The molecule has 1 fully saturated rings. The maximum Gasteiger partial charge on any atom is 0.293 e. The minimum Gasteiger partial charge on any atom is -0.468 e. The molecule has 1 aliphatic rings. The second-order valence-corrected chi connectivity index (χ2v) is 35.7. The number of nitrogens with zero attached hydrogens (tertiary/aromatic N) is 4. The van der Waals surface area contributed by atoms with Crippen LogP contribution in [0, 0.1) is 17.8 Å². The monoisotopic (exact) mass is 1770 g/mol. The van der Waals surface area contributed by atoms with E-state index < -0.39 is 114 Å². The molecular weight excluding hydrogens is 1630 g/mol. The SMILES string of the molecule is CCCCCCCCCCCCCCCCNC(=O)CN(CC)C(=O)CCCCCCC(=O)C(Cc1c[nH]c2ccccc12)NC(=O)C(CCCNC(N)N)CC(=O)C(CSSC)NC(=O)C(CCCN=C(N)N)CC(=O)CC1CCCN1C(=O)C(NC(=O)C(CC(=O)C(NC(=O)CCCOC=O)C(C)O)Cc1cnc[nH]1)C(c1ccccc1)c1ccccc1. The highest BCUT2D eigenvalue weighted by Crippen LogP contribution is 2.34. The number of carbonyl (C=O) groups is 12. The van der Waals surface area contributed by atoms with Gasteiger partial charge in [0.2, 0.25) is 41.4 Å². The summed E-state index contributed by atoms with van der Waals surface area (Å²) >= 11 is 0. The number of aromatic nitrogens is 3. The second-order valence-electron chi connectivity index (χ2n) is 33.1. The number of amides is 7. The summed E-state index contributed by atoms with van der Waals surface area (Å²) in [6.07, 6.45) is 24.9. The van der Waals surface area contributed by atoms with Crippen LogP contribution < -0.4 is 54.8 Å². The largest absolute Gasteiger partial charge is 0.468 e. The Labute approximate surface area is 746 Å². The molecule has 0 aliphatic carbocycles. The molecule has 690 valence electrons. The zero-order valence-corrected chi connectivity index (χ0v) is 75.7. The van der Waals surface area contributed by atoms with Crippen LogP contribution in [0.5, 0.6) is 0 Å². The van der Waals surface area contributed by atoms with Crippen LogP contribution in [0.1, 0.15) is 255 Å². The Bertz CT molecular complexity index is 4040. The normalized spacial score (nSPS) is 14.6. The van der Waals surface area contributed by atoms with Crippen LogP contribution >= 0.6 is 21.6 Å². The number of unbranched alkanes of at least 4 members (excludes halogenated alkanes) is 16. The number of likely N-dealkylation sites (N-methyl/N-ethyl adjacent to an activating group) is 1. The number of hydrogen-bond acceptors (Lipinski definition) is 21. The van der Waals surface area contributed by atoms with Crippen molar-refractivity contribution in [3.05, 3.63) is 126 Å². The molecule has 5 aromatic rings. The van der Waals surface area contributed by atoms with Crippen molar-refractivity contribution in [1.29, 1.82) is 0 Å². The number of guanidine groups is 1. The summed E-state index contributed by atoms with van der Waals surface area (Å²) in [6.45, 7) is 7.22.